The molecule has 8 heteroatoms. The first kappa shape index (κ1) is 21.7. The van der Waals surface area contributed by atoms with Gasteiger partial charge in [-0.1, -0.05) is 38.1 Å². The van der Waals surface area contributed by atoms with Crippen molar-refractivity contribution in [3.8, 4) is 11.3 Å². The molecular formula is C24H24N4O3S. The summed E-state index contributed by atoms with van der Waals surface area (Å²) in [6, 6.07) is 14.7. The van der Waals surface area contributed by atoms with Crippen LogP contribution in [0.4, 0.5) is 10.8 Å². The first-order valence-electron chi connectivity index (χ1n) is 10.4. The highest BCUT2D eigenvalue weighted by molar-refractivity contribution is 7.14. The molecule has 0 radical (unpaired) electrons. The lowest BCUT2D eigenvalue weighted by atomic mass is 10.0. The van der Waals surface area contributed by atoms with Crippen LogP contribution in [0.5, 0.6) is 0 Å². The zero-order valence-corrected chi connectivity index (χ0v) is 18.7. The first-order chi connectivity index (χ1) is 15.3. The van der Waals surface area contributed by atoms with Crippen molar-refractivity contribution < 1.29 is 14.4 Å². The van der Waals surface area contributed by atoms with Crippen LogP contribution in [0.2, 0.25) is 0 Å². The molecule has 1 fully saturated rings. The minimum atomic E-state index is -0.487. The monoisotopic (exact) mass is 448 g/mol. The van der Waals surface area contributed by atoms with Crippen molar-refractivity contribution in [3.63, 3.8) is 0 Å². The summed E-state index contributed by atoms with van der Waals surface area (Å²) in [6.45, 7) is 4.56. The molecule has 3 N–H and O–H groups in total. The molecular weight excluding hydrogens is 424 g/mol. The molecule has 0 spiro atoms. The van der Waals surface area contributed by atoms with Crippen LogP contribution in [0.15, 0.2) is 53.9 Å². The molecule has 0 saturated carbocycles. The van der Waals surface area contributed by atoms with E-state index in [2.05, 4.69) is 24.1 Å². The Hall–Kier alpha value is -3.52. The minimum Gasteiger partial charge on any atom is -0.366 e. The van der Waals surface area contributed by atoms with E-state index in [1.165, 1.54) is 11.3 Å². The summed E-state index contributed by atoms with van der Waals surface area (Å²) >= 11 is 1.31. The van der Waals surface area contributed by atoms with Crippen molar-refractivity contribution in [2.75, 3.05) is 16.8 Å². The number of nitrogens with one attached hydrogen (secondary N) is 1. The zero-order valence-electron chi connectivity index (χ0n) is 17.9. The predicted octanol–water partition coefficient (Wildman–Crippen LogP) is 4.02. The Bertz CT molecular complexity index is 1170. The lowest BCUT2D eigenvalue weighted by molar-refractivity contribution is -0.122. The number of hydrogen-bond acceptors (Lipinski definition) is 5. The van der Waals surface area contributed by atoms with Gasteiger partial charge in [0, 0.05) is 35.2 Å². The standard InChI is InChI=1S/C24H24N4O3S/c1-14(2)17-4-3-5-19(10-17)28-12-18(11-21(28)29)23(31)27-24-26-20(13-32-24)15-6-8-16(9-7-15)22(25)30/h3-10,13-14,18H,11-12H2,1-2H3,(H2,25,30)(H,26,27,31)/t18-/m1/s1. The Kier molecular flexibility index (Phi) is 6.05. The minimum absolute atomic E-state index is 0.0552. The Balaban J connectivity index is 1.42. The number of thiazole rings is 1. The summed E-state index contributed by atoms with van der Waals surface area (Å²) in [5, 5.41) is 5.14. The molecule has 0 aliphatic carbocycles. The van der Waals surface area contributed by atoms with Crippen molar-refractivity contribution in [2.45, 2.75) is 26.2 Å². The third kappa shape index (κ3) is 4.55. The average Bonchev–Trinajstić information content (AvgIpc) is 3.40. The second-order valence-corrected chi connectivity index (χ2v) is 8.98. The Morgan fingerprint density at radius 3 is 2.62 bits per heavy atom. The fourth-order valence-corrected chi connectivity index (χ4v) is 4.38. The van der Waals surface area contributed by atoms with E-state index in [0.717, 1.165) is 16.8 Å². The van der Waals surface area contributed by atoms with Crippen LogP contribution >= 0.6 is 11.3 Å². The predicted molar refractivity (Wildman–Crippen MR) is 126 cm³/mol. The van der Waals surface area contributed by atoms with Crippen LogP contribution in [0.25, 0.3) is 11.3 Å². The van der Waals surface area contributed by atoms with Gasteiger partial charge in [-0.25, -0.2) is 4.98 Å². The molecule has 2 heterocycles. The number of nitrogens with two attached hydrogens (primary N) is 1. The Labute approximate surface area is 190 Å². The Morgan fingerprint density at radius 1 is 1.19 bits per heavy atom. The van der Waals surface area contributed by atoms with Crippen molar-refractivity contribution in [3.05, 3.63) is 65.0 Å². The third-order valence-electron chi connectivity index (χ3n) is 5.54. The molecule has 1 saturated heterocycles. The zero-order chi connectivity index (χ0) is 22.8. The normalized spacial score (nSPS) is 15.9. The molecule has 164 valence electrons. The van der Waals surface area contributed by atoms with Crippen molar-refractivity contribution in [1.29, 1.82) is 0 Å². The van der Waals surface area contributed by atoms with E-state index >= 15 is 0 Å². The molecule has 1 aliphatic rings. The number of amides is 3. The maximum absolute atomic E-state index is 12.8. The molecule has 0 bridgehead atoms. The number of hydrogen-bond donors (Lipinski definition) is 2. The number of benzene rings is 2. The van der Waals surface area contributed by atoms with E-state index in [1.54, 1.807) is 29.2 Å². The summed E-state index contributed by atoms with van der Waals surface area (Å²) in [5.74, 6) is -0.838. The number of primary amides is 1. The highest BCUT2D eigenvalue weighted by Gasteiger charge is 2.35. The number of rotatable bonds is 6. The largest absolute Gasteiger partial charge is 0.366 e. The summed E-state index contributed by atoms with van der Waals surface area (Å²) < 4.78 is 0. The molecule has 1 aliphatic heterocycles. The van der Waals surface area contributed by atoms with Gasteiger partial charge in [-0.15, -0.1) is 11.3 Å². The van der Waals surface area contributed by atoms with Crippen LogP contribution < -0.4 is 16.0 Å². The Morgan fingerprint density at radius 2 is 1.94 bits per heavy atom. The molecule has 4 rings (SSSR count). The van der Waals surface area contributed by atoms with Crippen LogP contribution in [0, 0.1) is 5.92 Å². The van der Waals surface area contributed by atoms with E-state index < -0.39 is 11.8 Å². The van der Waals surface area contributed by atoms with Crippen molar-refractivity contribution in [1.82, 2.24) is 4.98 Å². The van der Waals surface area contributed by atoms with Gasteiger partial charge in [-0.3, -0.25) is 14.4 Å². The average molecular weight is 449 g/mol. The van der Waals surface area contributed by atoms with E-state index in [4.69, 9.17) is 5.73 Å². The lowest BCUT2D eigenvalue weighted by Gasteiger charge is -2.18. The van der Waals surface area contributed by atoms with E-state index in [1.807, 2.05) is 29.6 Å². The number of carbonyl (C=O) groups excluding carboxylic acids is 3. The van der Waals surface area contributed by atoms with Gasteiger partial charge in [0.25, 0.3) is 0 Å². The second kappa shape index (κ2) is 8.92. The van der Waals surface area contributed by atoms with Gasteiger partial charge >= 0.3 is 0 Å². The second-order valence-electron chi connectivity index (χ2n) is 8.12. The topological polar surface area (TPSA) is 105 Å². The van der Waals surface area contributed by atoms with Crippen LogP contribution in [0.3, 0.4) is 0 Å². The van der Waals surface area contributed by atoms with E-state index in [-0.39, 0.29) is 18.2 Å². The quantitative estimate of drug-likeness (QED) is 0.594. The molecule has 1 atom stereocenters. The number of anilines is 2. The van der Waals surface area contributed by atoms with Gasteiger partial charge < -0.3 is 16.0 Å². The molecule has 7 nitrogen and oxygen atoms in total. The van der Waals surface area contributed by atoms with Crippen LogP contribution in [0.1, 0.15) is 42.1 Å². The number of nitrogens with zero attached hydrogens (tertiary/aromatic N) is 2. The van der Waals surface area contributed by atoms with Crippen LogP contribution in [-0.2, 0) is 9.59 Å². The maximum Gasteiger partial charge on any atom is 0.248 e. The molecule has 1 aromatic heterocycles. The lowest BCUT2D eigenvalue weighted by Crippen LogP contribution is -2.28. The summed E-state index contributed by atoms with van der Waals surface area (Å²) in [6.07, 6.45) is 0.171. The van der Waals surface area contributed by atoms with Gasteiger partial charge in [0.15, 0.2) is 5.13 Å². The molecule has 2 aromatic carbocycles. The maximum atomic E-state index is 12.8. The van der Waals surface area contributed by atoms with Gasteiger partial charge in [0.05, 0.1) is 11.6 Å². The first-order valence-corrected chi connectivity index (χ1v) is 11.3. The van der Waals surface area contributed by atoms with Crippen molar-refractivity contribution in [2.24, 2.45) is 11.7 Å². The molecule has 32 heavy (non-hydrogen) atoms. The summed E-state index contributed by atoms with van der Waals surface area (Å²) in [7, 11) is 0. The fourth-order valence-electron chi connectivity index (χ4n) is 3.66. The SMILES string of the molecule is CC(C)c1cccc(N2C[C@H](C(=O)Nc3nc(-c4ccc(C(N)=O)cc4)cs3)CC2=O)c1. The van der Waals surface area contributed by atoms with Crippen molar-refractivity contribution >= 4 is 39.9 Å². The third-order valence-corrected chi connectivity index (χ3v) is 6.30. The highest BCUT2D eigenvalue weighted by atomic mass is 32.1. The summed E-state index contributed by atoms with van der Waals surface area (Å²) in [4.78, 5) is 42.8. The number of aromatic nitrogens is 1. The van der Waals surface area contributed by atoms with Gasteiger partial charge in [0.1, 0.15) is 0 Å². The van der Waals surface area contributed by atoms with Crippen LogP contribution in [-0.4, -0.2) is 29.3 Å². The van der Waals surface area contributed by atoms with Gasteiger partial charge in [-0.2, -0.15) is 0 Å². The van der Waals surface area contributed by atoms with E-state index in [0.29, 0.717) is 28.9 Å². The number of carbonyl (C=O) groups is 3. The summed E-state index contributed by atoms with van der Waals surface area (Å²) in [5.41, 5.74) is 9.18. The smallest absolute Gasteiger partial charge is 0.248 e. The molecule has 0 unspecified atom stereocenters. The highest BCUT2D eigenvalue weighted by Crippen LogP contribution is 2.30. The fraction of sp³-hybridized carbons (Fsp3) is 0.250. The molecule has 3 amide bonds. The molecule has 3 aromatic rings. The van der Waals surface area contributed by atoms with Gasteiger partial charge in [0.2, 0.25) is 17.7 Å². The van der Waals surface area contributed by atoms with Gasteiger partial charge in [-0.05, 0) is 35.7 Å². The van der Waals surface area contributed by atoms with E-state index in [9.17, 15) is 14.4 Å².